The maximum atomic E-state index is 12.6. The number of methoxy groups -OCH3 is 1. The topological polar surface area (TPSA) is 61.8 Å². The van der Waals surface area contributed by atoms with E-state index in [0.717, 1.165) is 25.1 Å². The molecule has 2 atom stereocenters. The van der Waals surface area contributed by atoms with E-state index in [1.807, 2.05) is 36.1 Å². The fourth-order valence-corrected chi connectivity index (χ4v) is 2.90. The zero-order valence-electron chi connectivity index (χ0n) is 13.4. The average molecular weight is 306 g/mol. The molecule has 1 aromatic carbocycles. The van der Waals surface area contributed by atoms with Crippen LogP contribution in [0.5, 0.6) is 0 Å². The van der Waals surface area contributed by atoms with Crippen LogP contribution in [0.25, 0.3) is 0 Å². The molecule has 122 valence electrons. The third-order valence-electron chi connectivity index (χ3n) is 4.00. The van der Waals surface area contributed by atoms with Crippen molar-refractivity contribution in [2.24, 2.45) is 5.92 Å². The molecular weight excluding hydrogens is 280 g/mol. The first-order valence-corrected chi connectivity index (χ1v) is 7.89. The van der Waals surface area contributed by atoms with Crippen LogP contribution in [0.2, 0.25) is 0 Å². The van der Waals surface area contributed by atoms with Crippen LogP contribution < -0.4 is 5.32 Å². The molecule has 1 fully saturated rings. The molecule has 1 aliphatic heterocycles. The number of hydrogen-bond acceptors (Lipinski definition) is 4. The van der Waals surface area contributed by atoms with Gasteiger partial charge in [-0.05, 0) is 43.9 Å². The number of aliphatic hydroxyl groups is 1. The van der Waals surface area contributed by atoms with Crippen LogP contribution in [0.1, 0.15) is 30.1 Å². The average Bonchev–Trinajstić information content (AvgIpc) is 2.54. The largest absolute Gasteiger partial charge is 0.396 e. The molecule has 1 aromatic rings. The van der Waals surface area contributed by atoms with Gasteiger partial charge >= 0.3 is 0 Å². The van der Waals surface area contributed by atoms with Crippen molar-refractivity contribution in [2.45, 2.75) is 25.8 Å². The second kappa shape index (κ2) is 8.15. The first-order chi connectivity index (χ1) is 10.6. The number of rotatable bonds is 6. The van der Waals surface area contributed by atoms with Crippen molar-refractivity contribution in [1.82, 2.24) is 4.90 Å². The van der Waals surface area contributed by atoms with Crippen molar-refractivity contribution in [3.05, 3.63) is 29.8 Å². The molecular formula is C17H26N2O3. The van der Waals surface area contributed by atoms with Crippen LogP contribution in [0.3, 0.4) is 0 Å². The van der Waals surface area contributed by atoms with Crippen molar-refractivity contribution in [1.29, 1.82) is 0 Å². The number of carbonyl (C=O) groups excluding carboxylic acids is 1. The monoisotopic (exact) mass is 306 g/mol. The van der Waals surface area contributed by atoms with Gasteiger partial charge in [0.05, 0.1) is 6.61 Å². The van der Waals surface area contributed by atoms with Gasteiger partial charge in [-0.1, -0.05) is 6.07 Å². The predicted molar refractivity (Wildman–Crippen MR) is 87.1 cm³/mol. The van der Waals surface area contributed by atoms with Gasteiger partial charge in [-0.3, -0.25) is 4.79 Å². The van der Waals surface area contributed by atoms with E-state index < -0.39 is 0 Å². The lowest BCUT2D eigenvalue weighted by Gasteiger charge is -2.32. The summed E-state index contributed by atoms with van der Waals surface area (Å²) in [5.74, 6) is 0.252. The summed E-state index contributed by atoms with van der Waals surface area (Å²) in [7, 11) is 1.67. The van der Waals surface area contributed by atoms with Crippen LogP contribution in [0.4, 0.5) is 5.69 Å². The summed E-state index contributed by atoms with van der Waals surface area (Å²) in [5, 5.41) is 12.6. The van der Waals surface area contributed by atoms with Crippen LogP contribution in [0.15, 0.2) is 24.3 Å². The normalized spacial score (nSPS) is 19.8. The summed E-state index contributed by atoms with van der Waals surface area (Å²) >= 11 is 0. The lowest BCUT2D eigenvalue weighted by Crippen LogP contribution is -2.40. The van der Waals surface area contributed by atoms with E-state index in [-0.39, 0.29) is 24.5 Å². The van der Waals surface area contributed by atoms with E-state index in [1.54, 1.807) is 7.11 Å². The number of hydrogen-bond donors (Lipinski definition) is 2. The predicted octanol–water partition coefficient (Wildman–Crippen LogP) is 1.98. The molecule has 2 N–H and O–H groups in total. The molecule has 0 bridgehead atoms. The number of benzene rings is 1. The van der Waals surface area contributed by atoms with Crippen molar-refractivity contribution >= 4 is 11.6 Å². The Kier molecular flexibility index (Phi) is 6.21. The molecule has 1 heterocycles. The number of amides is 1. The zero-order chi connectivity index (χ0) is 15.9. The summed E-state index contributed by atoms with van der Waals surface area (Å²) in [6.45, 7) is 4.22. The highest BCUT2D eigenvalue weighted by Gasteiger charge is 2.24. The van der Waals surface area contributed by atoms with Gasteiger partial charge in [0.1, 0.15) is 0 Å². The third kappa shape index (κ3) is 4.45. The first-order valence-electron chi connectivity index (χ1n) is 7.89. The minimum Gasteiger partial charge on any atom is -0.396 e. The van der Waals surface area contributed by atoms with Crippen LogP contribution in [-0.2, 0) is 4.74 Å². The molecule has 1 aliphatic rings. The molecule has 2 rings (SSSR count). The fraction of sp³-hybridized carbons (Fsp3) is 0.588. The summed E-state index contributed by atoms with van der Waals surface area (Å²) in [5.41, 5.74) is 1.61. The van der Waals surface area contributed by atoms with Gasteiger partial charge in [0.25, 0.3) is 5.91 Å². The molecule has 0 radical (unpaired) electrons. The van der Waals surface area contributed by atoms with Gasteiger partial charge < -0.3 is 20.1 Å². The molecule has 2 unspecified atom stereocenters. The molecule has 0 aliphatic carbocycles. The Balaban J connectivity index is 2.03. The minimum atomic E-state index is 0.0428. The van der Waals surface area contributed by atoms with Crippen LogP contribution >= 0.6 is 0 Å². The highest BCUT2D eigenvalue weighted by atomic mass is 16.5. The Morgan fingerprint density at radius 2 is 2.36 bits per heavy atom. The van der Waals surface area contributed by atoms with E-state index in [1.165, 1.54) is 0 Å². The highest BCUT2D eigenvalue weighted by Crippen LogP contribution is 2.20. The molecule has 1 saturated heterocycles. The van der Waals surface area contributed by atoms with E-state index in [0.29, 0.717) is 18.7 Å². The van der Waals surface area contributed by atoms with Gasteiger partial charge in [0, 0.05) is 44.1 Å². The van der Waals surface area contributed by atoms with Crippen molar-refractivity contribution in [3.63, 3.8) is 0 Å². The van der Waals surface area contributed by atoms with Crippen molar-refractivity contribution in [3.8, 4) is 0 Å². The Labute approximate surface area is 132 Å². The Bertz CT molecular complexity index is 493. The third-order valence-corrected chi connectivity index (χ3v) is 4.00. The molecule has 22 heavy (non-hydrogen) atoms. The number of likely N-dealkylation sites (tertiary alicyclic amines) is 1. The van der Waals surface area contributed by atoms with Crippen LogP contribution in [-0.4, -0.2) is 55.4 Å². The van der Waals surface area contributed by atoms with Gasteiger partial charge in [0.15, 0.2) is 0 Å². The number of nitrogens with one attached hydrogen (secondary N) is 1. The van der Waals surface area contributed by atoms with Crippen LogP contribution in [0, 0.1) is 5.92 Å². The number of anilines is 1. The van der Waals surface area contributed by atoms with Gasteiger partial charge in [-0.2, -0.15) is 0 Å². The van der Waals surface area contributed by atoms with Gasteiger partial charge in [-0.15, -0.1) is 0 Å². The minimum absolute atomic E-state index is 0.0428. The Hall–Kier alpha value is -1.59. The molecule has 5 heteroatoms. The number of carbonyl (C=O) groups is 1. The summed E-state index contributed by atoms with van der Waals surface area (Å²) < 4.78 is 5.11. The first kappa shape index (κ1) is 16.8. The quantitative estimate of drug-likeness (QED) is 0.843. The number of aliphatic hydroxyl groups excluding tert-OH is 1. The molecule has 0 spiro atoms. The van der Waals surface area contributed by atoms with E-state index >= 15 is 0 Å². The number of ether oxygens (including phenoxy) is 1. The van der Waals surface area contributed by atoms with E-state index in [9.17, 15) is 9.90 Å². The second-order valence-electron chi connectivity index (χ2n) is 6.02. The molecule has 0 saturated carbocycles. The SMILES string of the molecule is COCC(C)Nc1cccc(C(=O)N2CCCC(CO)C2)c1. The molecule has 1 amide bonds. The maximum absolute atomic E-state index is 12.6. The van der Waals surface area contributed by atoms with Gasteiger partial charge in [-0.25, -0.2) is 0 Å². The lowest BCUT2D eigenvalue weighted by atomic mass is 9.98. The lowest BCUT2D eigenvalue weighted by molar-refractivity contribution is 0.0621. The van der Waals surface area contributed by atoms with Gasteiger partial charge in [0.2, 0.25) is 0 Å². The maximum Gasteiger partial charge on any atom is 0.253 e. The molecule has 0 aromatic heterocycles. The highest BCUT2D eigenvalue weighted by molar-refractivity contribution is 5.95. The number of nitrogens with zero attached hydrogens (tertiary/aromatic N) is 1. The van der Waals surface area contributed by atoms with Crippen molar-refractivity contribution in [2.75, 3.05) is 38.7 Å². The van der Waals surface area contributed by atoms with Crippen molar-refractivity contribution < 1.29 is 14.6 Å². The molecule has 5 nitrogen and oxygen atoms in total. The smallest absolute Gasteiger partial charge is 0.253 e. The standard InChI is InChI=1S/C17H26N2O3/c1-13(12-22-2)18-16-7-3-6-15(9-16)17(21)19-8-4-5-14(10-19)11-20/h3,6-7,9,13-14,18,20H,4-5,8,10-12H2,1-2H3. The van der Waals surface area contributed by atoms with E-state index in [4.69, 9.17) is 4.74 Å². The fourth-order valence-electron chi connectivity index (χ4n) is 2.90. The summed E-state index contributed by atoms with van der Waals surface area (Å²) in [6, 6.07) is 7.76. The summed E-state index contributed by atoms with van der Waals surface area (Å²) in [6.07, 6.45) is 1.95. The zero-order valence-corrected chi connectivity index (χ0v) is 13.4. The Morgan fingerprint density at radius 1 is 1.55 bits per heavy atom. The number of piperidine rings is 1. The second-order valence-corrected chi connectivity index (χ2v) is 6.02. The summed E-state index contributed by atoms with van der Waals surface area (Å²) in [4.78, 5) is 14.5. The Morgan fingerprint density at radius 3 is 3.09 bits per heavy atom. The van der Waals surface area contributed by atoms with E-state index in [2.05, 4.69) is 5.32 Å².